The lowest BCUT2D eigenvalue weighted by Gasteiger charge is -2.36. The SMILES string of the molecule is COc1cccc(N2CCN(C(=O)c3ccc(=O)[nH]c3)CC2)c1. The molecular weight excluding hydrogens is 294 g/mol. The summed E-state index contributed by atoms with van der Waals surface area (Å²) in [6.45, 7) is 2.83. The molecule has 2 aromatic rings. The number of benzene rings is 1. The Morgan fingerprint density at radius 3 is 2.57 bits per heavy atom. The molecule has 6 heteroatoms. The minimum absolute atomic E-state index is 0.0495. The lowest BCUT2D eigenvalue weighted by Crippen LogP contribution is -2.48. The van der Waals surface area contributed by atoms with E-state index < -0.39 is 0 Å². The highest BCUT2D eigenvalue weighted by atomic mass is 16.5. The van der Waals surface area contributed by atoms with Crippen molar-refractivity contribution in [2.45, 2.75) is 0 Å². The molecule has 6 nitrogen and oxygen atoms in total. The predicted molar refractivity (Wildman–Crippen MR) is 88.2 cm³/mol. The summed E-state index contributed by atoms with van der Waals surface area (Å²) in [5.41, 5.74) is 1.41. The van der Waals surface area contributed by atoms with Crippen LogP contribution < -0.4 is 15.2 Å². The topological polar surface area (TPSA) is 65.6 Å². The number of aromatic nitrogens is 1. The number of aromatic amines is 1. The number of hydrogen-bond acceptors (Lipinski definition) is 4. The number of carbonyl (C=O) groups excluding carboxylic acids is 1. The van der Waals surface area contributed by atoms with E-state index in [0.29, 0.717) is 18.7 Å². The summed E-state index contributed by atoms with van der Waals surface area (Å²) < 4.78 is 5.25. The molecule has 1 amide bonds. The Kier molecular flexibility index (Phi) is 4.32. The third-order valence-corrected chi connectivity index (χ3v) is 4.02. The number of H-pyrrole nitrogens is 1. The van der Waals surface area contributed by atoms with E-state index in [1.165, 1.54) is 12.3 Å². The molecular formula is C17H19N3O3. The molecule has 1 aliphatic rings. The summed E-state index contributed by atoms with van der Waals surface area (Å²) in [7, 11) is 1.65. The molecule has 1 aliphatic heterocycles. The second-order valence-corrected chi connectivity index (χ2v) is 5.42. The van der Waals surface area contributed by atoms with E-state index in [2.05, 4.69) is 9.88 Å². The van der Waals surface area contributed by atoms with Gasteiger partial charge in [0.05, 0.1) is 12.7 Å². The largest absolute Gasteiger partial charge is 0.497 e. The molecule has 2 heterocycles. The van der Waals surface area contributed by atoms with Crippen molar-refractivity contribution in [3.05, 3.63) is 58.5 Å². The van der Waals surface area contributed by atoms with E-state index in [1.807, 2.05) is 29.2 Å². The number of hydrogen-bond donors (Lipinski definition) is 1. The standard InChI is InChI=1S/C17H19N3O3/c1-23-15-4-2-3-14(11-15)19-7-9-20(10-8-19)17(22)13-5-6-16(21)18-12-13/h2-6,11-12H,7-10H2,1H3,(H,18,21). The normalized spacial score (nSPS) is 14.7. The summed E-state index contributed by atoms with van der Waals surface area (Å²) in [6.07, 6.45) is 1.47. The average Bonchev–Trinajstić information content (AvgIpc) is 2.62. The molecule has 0 bridgehead atoms. The van der Waals surface area contributed by atoms with Gasteiger partial charge in [-0.3, -0.25) is 9.59 Å². The predicted octanol–water partition coefficient (Wildman–Crippen LogP) is 1.35. The van der Waals surface area contributed by atoms with Crippen molar-refractivity contribution in [2.75, 3.05) is 38.2 Å². The van der Waals surface area contributed by atoms with Gasteiger partial charge < -0.3 is 19.5 Å². The van der Waals surface area contributed by atoms with E-state index in [0.717, 1.165) is 24.5 Å². The first-order valence-electron chi connectivity index (χ1n) is 7.54. The number of carbonyl (C=O) groups is 1. The van der Waals surface area contributed by atoms with E-state index >= 15 is 0 Å². The highest BCUT2D eigenvalue weighted by Gasteiger charge is 2.22. The Labute approximate surface area is 134 Å². The van der Waals surface area contributed by atoms with Gasteiger partial charge in [0, 0.05) is 50.2 Å². The first kappa shape index (κ1) is 15.1. The van der Waals surface area contributed by atoms with Crippen LogP contribution in [0.2, 0.25) is 0 Å². The van der Waals surface area contributed by atoms with Crippen molar-refractivity contribution in [1.29, 1.82) is 0 Å². The van der Waals surface area contributed by atoms with Crippen LogP contribution in [-0.2, 0) is 0 Å². The maximum atomic E-state index is 12.4. The molecule has 1 aromatic carbocycles. The molecule has 0 radical (unpaired) electrons. The van der Waals surface area contributed by atoms with Crippen molar-refractivity contribution in [2.24, 2.45) is 0 Å². The molecule has 1 saturated heterocycles. The van der Waals surface area contributed by atoms with Crippen LogP contribution in [0.3, 0.4) is 0 Å². The van der Waals surface area contributed by atoms with Crippen LogP contribution in [0.15, 0.2) is 47.4 Å². The lowest BCUT2D eigenvalue weighted by molar-refractivity contribution is 0.0746. The number of rotatable bonds is 3. The molecule has 23 heavy (non-hydrogen) atoms. The van der Waals surface area contributed by atoms with E-state index in [4.69, 9.17) is 4.74 Å². The van der Waals surface area contributed by atoms with Gasteiger partial charge in [-0.2, -0.15) is 0 Å². The summed E-state index contributed by atoms with van der Waals surface area (Å²) in [6, 6.07) is 10.9. The zero-order chi connectivity index (χ0) is 16.2. The minimum atomic E-state index is -0.204. The van der Waals surface area contributed by atoms with Gasteiger partial charge in [0.2, 0.25) is 5.56 Å². The fraction of sp³-hybridized carbons (Fsp3) is 0.294. The smallest absolute Gasteiger partial charge is 0.255 e. The highest BCUT2D eigenvalue weighted by molar-refractivity contribution is 5.94. The Morgan fingerprint density at radius 1 is 1.13 bits per heavy atom. The monoisotopic (exact) mass is 313 g/mol. The van der Waals surface area contributed by atoms with Crippen LogP contribution in [-0.4, -0.2) is 49.1 Å². The van der Waals surface area contributed by atoms with Crippen LogP contribution in [0.4, 0.5) is 5.69 Å². The summed E-state index contributed by atoms with van der Waals surface area (Å²) in [5.74, 6) is 0.779. The van der Waals surface area contributed by atoms with Gasteiger partial charge >= 0.3 is 0 Å². The number of amides is 1. The zero-order valence-electron chi connectivity index (χ0n) is 13.0. The zero-order valence-corrected chi connectivity index (χ0v) is 13.0. The molecule has 0 unspecified atom stereocenters. The summed E-state index contributed by atoms with van der Waals surface area (Å²) in [5, 5.41) is 0. The molecule has 0 saturated carbocycles. The number of nitrogens with one attached hydrogen (secondary N) is 1. The van der Waals surface area contributed by atoms with Gasteiger partial charge in [-0.15, -0.1) is 0 Å². The van der Waals surface area contributed by atoms with Crippen LogP contribution in [0, 0.1) is 0 Å². The van der Waals surface area contributed by atoms with Crippen molar-refractivity contribution < 1.29 is 9.53 Å². The number of methoxy groups -OCH3 is 1. The quantitative estimate of drug-likeness (QED) is 0.929. The Morgan fingerprint density at radius 2 is 1.91 bits per heavy atom. The van der Waals surface area contributed by atoms with Crippen molar-refractivity contribution in [3.8, 4) is 5.75 Å². The Hall–Kier alpha value is -2.76. The minimum Gasteiger partial charge on any atom is -0.497 e. The number of nitrogens with zero attached hydrogens (tertiary/aromatic N) is 2. The van der Waals surface area contributed by atoms with Crippen LogP contribution >= 0.6 is 0 Å². The van der Waals surface area contributed by atoms with Crippen LogP contribution in [0.1, 0.15) is 10.4 Å². The van der Waals surface area contributed by atoms with Gasteiger partial charge in [0.1, 0.15) is 5.75 Å². The number of piperazine rings is 1. The third kappa shape index (κ3) is 3.36. The Bertz CT molecular complexity index is 728. The second-order valence-electron chi connectivity index (χ2n) is 5.42. The highest BCUT2D eigenvalue weighted by Crippen LogP contribution is 2.22. The van der Waals surface area contributed by atoms with Gasteiger partial charge in [0.25, 0.3) is 5.91 Å². The molecule has 3 rings (SSSR count). The fourth-order valence-electron chi connectivity index (χ4n) is 2.70. The van der Waals surface area contributed by atoms with Gasteiger partial charge in [-0.25, -0.2) is 0 Å². The number of pyridine rings is 1. The van der Waals surface area contributed by atoms with Crippen LogP contribution in [0.25, 0.3) is 0 Å². The maximum absolute atomic E-state index is 12.4. The molecule has 1 fully saturated rings. The van der Waals surface area contributed by atoms with Gasteiger partial charge in [-0.1, -0.05) is 6.07 Å². The fourth-order valence-corrected chi connectivity index (χ4v) is 2.70. The van der Waals surface area contributed by atoms with E-state index in [9.17, 15) is 9.59 Å². The third-order valence-electron chi connectivity index (χ3n) is 4.02. The molecule has 0 spiro atoms. The van der Waals surface area contributed by atoms with Crippen molar-refractivity contribution in [3.63, 3.8) is 0 Å². The summed E-state index contributed by atoms with van der Waals surface area (Å²) in [4.78, 5) is 30.1. The van der Waals surface area contributed by atoms with Gasteiger partial charge in [-0.05, 0) is 18.2 Å². The first-order valence-corrected chi connectivity index (χ1v) is 7.54. The summed E-state index contributed by atoms with van der Waals surface area (Å²) >= 11 is 0. The molecule has 1 N–H and O–H groups in total. The number of anilines is 1. The van der Waals surface area contributed by atoms with E-state index in [-0.39, 0.29) is 11.5 Å². The maximum Gasteiger partial charge on any atom is 0.255 e. The first-order chi connectivity index (χ1) is 11.2. The van der Waals surface area contributed by atoms with Crippen molar-refractivity contribution in [1.82, 2.24) is 9.88 Å². The van der Waals surface area contributed by atoms with Gasteiger partial charge in [0.15, 0.2) is 0 Å². The molecule has 1 aromatic heterocycles. The van der Waals surface area contributed by atoms with Crippen molar-refractivity contribution >= 4 is 11.6 Å². The average molecular weight is 313 g/mol. The lowest BCUT2D eigenvalue weighted by atomic mass is 10.2. The molecule has 120 valence electrons. The number of ether oxygens (including phenoxy) is 1. The molecule has 0 atom stereocenters. The van der Waals surface area contributed by atoms with E-state index in [1.54, 1.807) is 13.2 Å². The Balaban J connectivity index is 1.64. The van der Waals surface area contributed by atoms with Crippen LogP contribution in [0.5, 0.6) is 5.75 Å². The molecule has 0 aliphatic carbocycles. The second kappa shape index (κ2) is 6.56.